The maximum Gasteiger partial charge on any atom is 0.341 e. The zero-order chi connectivity index (χ0) is 19.0. The van der Waals surface area contributed by atoms with Crippen LogP contribution in [0.4, 0.5) is 5.82 Å². The fourth-order valence-electron chi connectivity index (χ4n) is 1.81. The Labute approximate surface area is 151 Å². The van der Waals surface area contributed by atoms with Crippen LogP contribution in [0.25, 0.3) is 0 Å². The Morgan fingerprint density at radius 1 is 0.920 bits per heavy atom. The van der Waals surface area contributed by atoms with E-state index in [0.717, 1.165) is 11.4 Å². The van der Waals surface area contributed by atoms with Crippen molar-refractivity contribution in [2.75, 3.05) is 26.6 Å². The minimum Gasteiger partial charge on any atom is -0.465 e. The number of aryl methyl sites for hydroxylation is 2. The summed E-state index contributed by atoms with van der Waals surface area (Å²) in [6.07, 6.45) is 0. The molecule has 0 atom stereocenters. The summed E-state index contributed by atoms with van der Waals surface area (Å²) in [5, 5.41) is 3.02. The van der Waals surface area contributed by atoms with Gasteiger partial charge in [-0.1, -0.05) is 11.6 Å². The lowest BCUT2D eigenvalue weighted by atomic mass is 10.2. The number of esters is 2. The highest BCUT2D eigenvalue weighted by Crippen LogP contribution is 2.14. The number of methoxy groups -OCH3 is 2. The van der Waals surface area contributed by atoms with Gasteiger partial charge in [-0.15, -0.1) is 0 Å². The summed E-state index contributed by atoms with van der Waals surface area (Å²) in [5.41, 5.74) is 2.38. The van der Waals surface area contributed by atoms with Gasteiger partial charge >= 0.3 is 11.9 Å². The van der Waals surface area contributed by atoms with Crippen LogP contribution < -0.4 is 5.32 Å². The first-order chi connectivity index (χ1) is 11.8. The standard InChI is InChI=1S/C9H12N2O2.C8H8ClNO2/c1-6-4-5-7(9(12)13-3)8(10-2)11-6;1-5-3-4-6(7(9)10-5)8(11)12-2/h4-5H,1-3H3,(H,10,11);3-4H,1-2H3. The molecular weight excluding hydrogens is 346 g/mol. The van der Waals surface area contributed by atoms with Crippen molar-refractivity contribution in [1.82, 2.24) is 9.97 Å². The van der Waals surface area contributed by atoms with E-state index < -0.39 is 5.97 Å². The zero-order valence-corrected chi connectivity index (χ0v) is 15.5. The number of nitrogens with one attached hydrogen (secondary N) is 1. The maximum absolute atomic E-state index is 11.2. The lowest BCUT2D eigenvalue weighted by Gasteiger charge is -2.06. The molecule has 2 heterocycles. The summed E-state index contributed by atoms with van der Waals surface area (Å²) in [6, 6.07) is 6.77. The van der Waals surface area contributed by atoms with E-state index in [9.17, 15) is 9.59 Å². The highest BCUT2D eigenvalue weighted by atomic mass is 35.5. The lowest BCUT2D eigenvalue weighted by molar-refractivity contribution is 0.0592. The molecule has 0 spiro atoms. The summed E-state index contributed by atoms with van der Waals surface area (Å²) in [6.45, 7) is 3.66. The Morgan fingerprint density at radius 2 is 1.40 bits per heavy atom. The van der Waals surface area contributed by atoms with Crippen molar-refractivity contribution in [2.24, 2.45) is 0 Å². The van der Waals surface area contributed by atoms with Gasteiger partial charge in [0.15, 0.2) is 0 Å². The van der Waals surface area contributed by atoms with E-state index >= 15 is 0 Å². The Morgan fingerprint density at radius 3 is 1.88 bits per heavy atom. The van der Waals surface area contributed by atoms with E-state index in [4.69, 9.17) is 11.6 Å². The first-order valence-corrected chi connectivity index (χ1v) is 7.67. The summed E-state index contributed by atoms with van der Waals surface area (Å²) in [7, 11) is 4.37. The van der Waals surface area contributed by atoms with E-state index in [0.29, 0.717) is 16.9 Å². The molecule has 1 N–H and O–H groups in total. The van der Waals surface area contributed by atoms with Crippen molar-refractivity contribution in [3.63, 3.8) is 0 Å². The number of pyridine rings is 2. The molecule has 2 rings (SSSR count). The average molecular weight is 366 g/mol. The van der Waals surface area contributed by atoms with Gasteiger partial charge in [0.1, 0.15) is 16.5 Å². The van der Waals surface area contributed by atoms with E-state index in [2.05, 4.69) is 24.8 Å². The summed E-state index contributed by atoms with van der Waals surface area (Å²) >= 11 is 5.69. The highest BCUT2D eigenvalue weighted by Gasteiger charge is 2.11. The number of carbonyl (C=O) groups excluding carboxylic acids is 2. The maximum atomic E-state index is 11.2. The smallest absolute Gasteiger partial charge is 0.341 e. The fraction of sp³-hybridized carbons (Fsp3) is 0.294. The first-order valence-electron chi connectivity index (χ1n) is 7.29. The van der Waals surface area contributed by atoms with Crippen molar-refractivity contribution >= 4 is 29.4 Å². The number of hydrogen-bond donors (Lipinski definition) is 1. The van der Waals surface area contributed by atoms with Crippen molar-refractivity contribution in [3.05, 3.63) is 51.9 Å². The van der Waals surface area contributed by atoms with Gasteiger partial charge in [-0.2, -0.15) is 0 Å². The summed E-state index contributed by atoms with van der Waals surface area (Å²) < 4.78 is 9.09. The highest BCUT2D eigenvalue weighted by molar-refractivity contribution is 6.32. The third kappa shape index (κ3) is 5.72. The molecule has 2 aromatic heterocycles. The second kappa shape index (κ2) is 9.58. The van der Waals surface area contributed by atoms with E-state index in [1.807, 2.05) is 6.92 Å². The number of anilines is 1. The van der Waals surface area contributed by atoms with E-state index in [-0.39, 0.29) is 11.1 Å². The molecule has 0 bridgehead atoms. The first kappa shape index (κ1) is 20.4. The van der Waals surface area contributed by atoms with Crippen LogP contribution in [0.3, 0.4) is 0 Å². The molecule has 0 aromatic carbocycles. The zero-order valence-electron chi connectivity index (χ0n) is 14.7. The van der Waals surface area contributed by atoms with E-state index in [1.54, 1.807) is 38.2 Å². The number of aromatic nitrogens is 2. The quantitative estimate of drug-likeness (QED) is 0.660. The van der Waals surface area contributed by atoms with Gasteiger partial charge in [-0.25, -0.2) is 19.6 Å². The second-order valence-corrected chi connectivity index (χ2v) is 5.23. The number of ether oxygens (including phenoxy) is 2. The van der Waals surface area contributed by atoms with Gasteiger partial charge in [0.25, 0.3) is 0 Å². The number of nitrogens with zero attached hydrogens (tertiary/aromatic N) is 2. The number of rotatable bonds is 3. The third-order valence-electron chi connectivity index (χ3n) is 3.07. The average Bonchev–Trinajstić information content (AvgIpc) is 2.60. The topological polar surface area (TPSA) is 90.4 Å². The Bertz CT molecular complexity index is 766. The molecule has 7 nitrogen and oxygen atoms in total. The van der Waals surface area contributed by atoms with Crippen molar-refractivity contribution in [1.29, 1.82) is 0 Å². The molecule has 0 fully saturated rings. The van der Waals surface area contributed by atoms with Crippen LogP contribution >= 0.6 is 11.6 Å². The minimum absolute atomic E-state index is 0.182. The number of carbonyl (C=O) groups is 2. The molecule has 0 unspecified atom stereocenters. The number of halogens is 1. The molecule has 0 aliphatic carbocycles. The molecule has 0 saturated carbocycles. The normalized spacial score (nSPS) is 9.52. The monoisotopic (exact) mass is 365 g/mol. The largest absolute Gasteiger partial charge is 0.465 e. The molecule has 0 amide bonds. The Balaban J connectivity index is 0.000000251. The molecule has 0 radical (unpaired) electrons. The van der Waals surface area contributed by atoms with E-state index in [1.165, 1.54) is 14.2 Å². The van der Waals surface area contributed by atoms with Crippen molar-refractivity contribution < 1.29 is 19.1 Å². The van der Waals surface area contributed by atoms with Crippen LogP contribution in [-0.2, 0) is 9.47 Å². The molecular formula is C17H20ClN3O4. The number of hydrogen-bond acceptors (Lipinski definition) is 7. The van der Waals surface area contributed by atoms with Crippen LogP contribution in [0.5, 0.6) is 0 Å². The Hall–Kier alpha value is -2.67. The van der Waals surface area contributed by atoms with Gasteiger partial charge in [0, 0.05) is 18.4 Å². The SMILES string of the molecule is CNc1nc(C)ccc1C(=O)OC.COC(=O)c1ccc(C)nc1Cl. The molecule has 0 aliphatic heterocycles. The predicted octanol–water partition coefficient (Wildman–Crippen LogP) is 3.05. The molecule has 134 valence electrons. The molecule has 25 heavy (non-hydrogen) atoms. The predicted molar refractivity (Wildman–Crippen MR) is 95.2 cm³/mol. The third-order valence-corrected chi connectivity index (χ3v) is 3.36. The fourth-order valence-corrected chi connectivity index (χ4v) is 2.08. The lowest BCUT2D eigenvalue weighted by Crippen LogP contribution is -2.07. The van der Waals surface area contributed by atoms with Crippen LogP contribution in [0.1, 0.15) is 32.1 Å². The second-order valence-electron chi connectivity index (χ2n) is 4.87. The summed E-state index contributed by atoms with van der Waals surface area (Å²) in [4.78, 5) is 30.3. The molecule has 0 saturated heterocycles. The molecule has 2 aromatic rings. The van der Waals surface area contributed by atoms with Crippen LogP contribution in [-0.4, -0.2) is 43.2 Å². The minimum atomic E-state index is -0.465. The van der Waals surface area contributed by atoms with Crippen LogP contribution in [0.2, 0.25) is 5.15 Å². The van der Waals surface area contributed by atoms with Gasteiger partial charge < -0.3 is 14.8 Å². The van der Waals surface area contributed by atoms with Gasteiger partial charge in [0.2, 0.25) is 0 Å². The molecule has 8 heteroatoms. The Kier molecular flexibility index (Phi) is 7.81. The molecule has 0 aliphatic rings. The van der Waals surface area contributed by atoms with Crippen LogP contribution in [0, 0.1) is 13.8 Å². The van der Waals surface area contributed by atoms with Crippen molar-refractivity contribution in [2.45, 2.75) is 13.8 Å². The van der Waals surface area contributed by atoms with Crippen LogP contribution in [0.15, 0.2) is 24.3 Å². The van der Waals surface area contributed by atoms with Gasteiger partial charge in [-0.05, 0) is 38.1 Å². The van der Waals surface area contributed by atoms with Crippen molar-refractivity contribution in [3.8, 4) is 0 Å². The van der Waals surface area contributed by atoms with Gasteiger partial charge in [-0.3, -0.25) is 0 Å². The van der Waals surface area contributed by atoms with Gasteiger partial charge in [0.05, 0.1) is 19.8 Å². The summed E-state index contributed by atoms with van der Waals surface area (Å²) in [5.74, 6) is -0.295.